The summed E-state index contributed by atoms with van der Waals surface area (Å²) in [4.78, 5) is 4.34. The molecule has 28 heavy (non-hydrogen) atoms. The van der Waals surface area contributed by atoms with Crippen molar-refractivity contribution in [1.29, 1.82) is 0 Å². The summed E-state index contributed by atoms with van der Waals surface area (Å²) in [6.07, 6.45) is 0. The maximum atomic E-state index is 14.6. The number of rotatable bonds is 5. The van der Waals surface area contributed by atoms with Crippen molar-refractivity contribution in [3.63, 3.8) is 0 Å². The second-order valence-electron chi connectivity index (χ2n) is 6.28. The van der Waals surface area contributed by atoms with Crippen molar-refractivity contribution in [1.82, 2.24) is 10.1 Å². The minimum absolute atomic E-state index is 0.166. The normalized spacial score (nSPS) is 11.0. The van der Waals surface area contributed by atoms with E-state index in [2.05, 4.69) is 10.1 Å². The summed E-state index contributed by atoms with van der Waals surface area (Å²) < 4.78 is 19.9. The van der Waals surface area contributed by atoms with Crippen molar-refractivity contribution in [2.45, 2.75) is 13.2 Å². The summed E-state index contributed by atoms with van der Waals surface area (Å²) in [5, 5.41) is 22.7. The van der Waals surface area contributed by atoms with Crippen LogP contribution in [0.25, 0.3) is 34.0 Å². The monoisotopic (exact) mass is 376 g/mol. The Morgan fingerprint density at radius 1 is 0.786 bits per heavy atom. The number of aromatic nitrogens is 2. The Balaban J connectivity index is 1.65. The number of nitrogens with zero attached hydrogens (tertiary/aromatic N) is 2. The van der Waals surface area contributed by atoms with Gasteiger partial charge in [-0.05, 0) is 34.9 Å². The van der Waals surface area contributed by atoms with Gasteiger partial charge in [-0.1, -0.05) is 53.7 Å². The Morgan fingerprint density at radius 2 is 1.54 bits per heavy atom. The fourth-order valence-corrected chi connectivity index (χ4v) is 3.02. The second kappa shape index (κ2) is 7.72. The first-order valence-electron chi connectivity index (χ1n) is 8.72. The maximum Gasteiger partial charge on any atom is 0.258 e. The van der Waals surface area contributed by atoms with Gasteiger partial charge in [-0.25, -0.2) is 4.39 Å². The lowest BCUT2D eigenvalue weighted by atomic mass is 10.0. The van der Waals surface area contributed by atoms with E-state index in [1.54, 1.807) is 30.3 Å². The molecule has 6 heteroatoms. The molecule has 0 unspecified atom stereocenters. The smallest absolute Gasteiger partial charge is 0.258 e. The van der Waals surface area contributed by atoms with E-state index in [1.807, 2.05) is 30.3 Å². The Kier molecular flexibility index (Phi) is 4.97. The Hall–Kier alpha value is -3.35. The molecule has 0 atom stereocenters. The molecule has 4 rings (SSSR count). The Bertz CT molecular complexity index is 1110. The zero-order valence-electron chi connectivity index (χ0n) is 14.8. The van der Waals surface area contributed by atoms with E-state index in [4.69, 9.17) is 4.52 Å². The van der Waals surface area contributed by atoms with Gasteiger partial charge < -0.3 is 14.7 Å². The third-order valence-corrected chi connectivity index (χ3v) is 4.53. The van der Waals surface area contributed by atoms with Crippen LogP contribution in [0.1, 0.15) is 11.1 Å². The van der Waals surface area contributed by atoms with Crippen LogP contribution in [-0.4, -0.2) is 20.4 Å². The third kappa shape index (κ3) is 3.43. The first kappa shape index (κ1) is 18.0. The van der Waals surface area contributed by atoms with Crippen LogP contribution in [0.5, 0.6) is 0 Å². The van der Waals surface area contributed by atoms with Crippen LogP contribution in [0.3, 0.4) is 0 Å². The highest BCUT2D eigenvalue weighted by atomic mass is 19.1. The van der Waals surface area contributed by atoms with Crippen molar-refractivity contribution in [2.24, 2.45) is 0 Å². The average molecular weight is 376 g/mol. The molecule has 0 radical (unpaired) electrons. The molecule has 1 heterocycles. The van der Waals surface area contributed by atoms with E-state index in [1.165, 1.54) is 6.07 Å². The lowest BCUT2D eigenvalue weighted by Crippen LogP contribution is -1.95. The van der Waals surface area contributed by atoms with Gasteiger partial charge >= 0.3 is 0 Å². The van der Waals surface area contributed by atoms with Gasteiger partial charge in [-0.3, -0.25) is 0 Å². The average Bonchev–Trinajstić information content (AvgIpc) is 3.24. The molecule has 0 aliphatic carbocycles. The van der Waals surface area contributed by atoms with Crippen LogP contribution in [-0.2, 0) is 13.2 Å². The van der Waals surface area contributed by atoms with Gasteiger partial charge in [-0.2, -0.15) is 4.98 Å². The highest BCUT2D eigenvalue weighted by Gasteiger charge is 2.14. The summed E-state index contributed by atoms with van der Waals surface area (Å²) in [6.45, 7) is -0.374. The predicted molar refractivity (Wildman–Crippen MR) is 102 cm³/mol. The van der Waals surface area contributed by atoms with Crippen molar-refractivity contribution < 1.29 is 19.1 Å². The second-order valence-corrected chi connectivity index (χ2v) is 6.28. The Morgan fingerprint density at radius 3 is 2.25 bits per heavy atom. The van der Waals surface area contributed by atoms with Gasteiger partial charge in [0.25, 0.3) is 5.89 Å². The van der Waals surface area contributed by atoms with Crippen molar-refractivity contribution in [2.75, 3.05) is 0 Å². The van der Waals surface area contributed by atoms with Crippen LogP contribution < -0.4 is 0 Å². The van der Waals surface area contributed by atoms with Gasteiger partial charge in [0, 0.05) is 16.7 Å². The first-order valence-corrected chi connectivity index (χ1v) is 8.72. The SMILES string of the molecule is OCc1ccc(-c2noc(-c3ccc(-c4ccccc4)c(F)c3)n2)cc1CO. The van der Waals surface area contributed by atoms with Crippen molar-refractivity contribution >= 4 is 0 Å². The molecule has 1 aromatic heterocycles. The standard InChI is InChI=1S/C22H17FN2O3/c23-20-11-16(8-9-19(20)14-4-2-1-3-5-14)22-24-21(25-28-22)15-6-7-17(12-26)18(10-15)13-27/h1-11,26-27H,12-13H2. The van der Waals surface area contributed by atoms with E-state index in [0.29, 0.717) is 33.6 Å². The van der Waals surface area contributed by atoms with Gasteiger partial charge in [0.1, 0.15) is 5.82 Å². The zero-order valence-corrected chi connectivity index (χ0v) is 14.8. The van der Waals surface area contributed by atoms with Crippen LogP contribution >= 0.6 is 0 Å². The number of benzene rings is 3. The fourth-order valence-electron chi connectivity index (χ4n) is 3.02. The molecular weight excluding hydrogens is 359 g/mol. The summed E-state index contributed by atoms with van der Waals surface area (Å²) in [5.41, 5.74) is 3.62. The van der Waals surface area contributed by atoms with Gasteiger partial charge in [0.15, 0.2) is 0 Å². The minimum atomic E-state index is -0.377. The molecule has 0 aliphatic rings. The third-order valence-electron chi connectivity index (χ3n) is 4.53. The highest BCUT2D eigenvalue weighted by molar-refractivity contribution is 5.68. The molecule has 5 nitrogen and oxygen atoms in total. The highest BCUT2D eigenvalue weighted by Crippen LogP contribution is 2.29. The number of aliphatic hydroxyl groups excluding tert-OH is 2. The minimum Gasteiger partial charge on any atom is -0.392 e. The summed E-state index contributed by atoms with van der Waals surface area (Å²) in [6, 6.07) is 19.2. The van der Waals surface area contributed by atoms with Crippen LogP contribution in [0, 0.1) is 5.82 Å². The van der Waals surface area contributed by atoms with Crippen LogP contribution in [0.4, 0.5) is 4.39 Å². The molecule has 0 spiro atoms. The number of halogens is 1. The quantitative estimate of drug-likeness (QED) is 0.546. The van der Waals surface area contributed by atoms with E-state index in [-0.39, 0.29) is 24.9 Å². The molecule has 0 saturated heterocycles. The molecule has 140 valence electrons. The molecule has 0 saturated carbocycles. The number of hydrogen-bond donors (Lipinski definition) is 2. The van der Waals surface area contributed by atoms with E-state index >= 15 is 0 Å². The maximum absolute atomic E-state index is 14.6. The molecule has 2 N–H and O–H groups in total. The molecular formula is C22H17FN2O3. The molecule has 0 fully saturated rings. The molecule has 0 bridgehead atoms. The van der Waals surface area contributed by atoms with E-state index < -0.39 is 0 Å². The van der Waals surface area contributed by atoms with E-state index in [9.17, 15) is 14.6 Å². The number of aliphatic hydroxyl groups is 2. The Labute approximate surface area is 160 Å². The summed E-state index contributed by atoms with van der Waals surface area (Å²) in [5.74, 6) is 0.144. The topological polar surface area (TPSA) is 79.4 Å². The predicted octanol–water partition coefficient (Wildman–Crippen LogP) is 4.19. The van der Waals surface area contributed by atoms with Crippen molar-refractivity contribution in [3.8, 4) is 34.0 Å². The van der Waals surface area contributed by atoms with Crippen LogP contribution in [0.15, 0.2) is 71.3 Å². The number of hydrogen-bond acceptors (Lipinski definition) is 5. The van der Waals surface area contributed by atoms with Crippen molar-refractivity contribution in [3.05, 3.63) is 83.7 Å². The fraction of sp³-hybridized carbons (Fsp3) is 0.0909. The molecule has 4 aromatic rings. The largest absolute Gasteiger partial charge is 0.392 e. The summed E-state index contributed by atoms with van der Waals surface area (Å²) >= 11 is 0. The van der Waals surface area contributed by atoms with Gasteiger partial charge in [0.2, 0.25) is 5.82 Å². The summed E-state index contributed by atoms with van der Waals surface area (Å²) in [7, 11) is 0. The molecule has 0 amide bonds. The first-order chi connectivity index (χ1) is 13.7. The van der Waals surface area contributed by atoms with E-state index in [0.717, 1.165) is 5.56 Å². The zero-order chi connectivity index (χ0) is 19.5. The molecule has 0 aliphatic heterocycles. The lowest BCUT2D eigenvalue weighted by Gasteiger charge is -2.05. The van der Waals surface area contributed by atoms with Gasteiger partial charge in [-0.15, -0.1) is 0 Å². The lowest BCUT2D eigenvalue weighted by molar-refractivity contribution is 0.260. The van der Waals surface area contributed by atoms with Gasteiger partial charge in [0.05, 0.1) is 13.2 Å². The van der Waals surface area contributed by atoms with Crippen LogP contribution in [0.2, 0.25) is 0 Å². The molecule has 3 aromatic carbocycles.